The van der Waals surface area contributed by atoms with Crippen LogP contribution >= 0.6 is 0 Å². The summed E-state index contributed by atoms with van der Waals surface area (Å²) in [6.45, 7) is 3.19. The largest absolute Gasteiger partial charge is 0.346 e. The fourth-order valence-electron chi connectivity index (χ4n) is 4.30. The molecule has 6 heteroatoms. The Labute approximate surface area is 176 Å². The smallest absolute Gasteiger partial charge is 0.228 e. The Kier molecular flexibility index (Phi) is 5.15. The van der Waals surface area contributed by atoms with Crippen molar-refractivity contribution in [2.24, 2.45) is 0 Å². The van der Waals surface area contributed by atoms with Crippen molar-refractivity contribution in [2.45, 2.75) is 25.3 Å². The van der Waals surface area contributed by atoms with Crippen LogP contribution in [-0.2, 0) is 11.2 Å². The van der Waals surface area contributed by atoms with Crippen LogP contribution in [0.1, 0.15) is 30.0 Å². The number of para-hydroxylation sites is 1. The molecule has 1 fully saturated rings. The van der Waals surface area contributed by atoms with Crippen LogP contribution in [0.3, 0.4) is 0 Å². The summed E-state index contributed by atoms with van der Waals surface area (Å²) >= 11 is 0. The van der Waals surface area contributed by atoms with Gasteiger partial charge in [0.05, 0.1) is 23.8 Å². The predicted molar refractivity (Wildman–Crippen MR) is 118 cm³/mol. The van der Waals surface area contributed by atoms with E-state index >= 15 is 0 Å². The van der Waals surface area contributed by atoms with Gasteiger partial charge in [-0.25, -0.2) is 9.97 Å². The summed E-state index contributed by atoms with van der Waals surface area (Å²) in [5.41, 5.74) is 4.61. The fraction of sp³-hybridized carbons (Fsp3) is 0.292. The van der Waals surface area contributed by atoms with Crippen molar-refractivity contribution >= 4 is 17.5 Å². The highest BCUT2D eigenvalue weighted by molar-refractivity contribution is 5.99. The molecule has 0 spiro atoms. The summed E-state index contributed by atoms with van der Waals surface area (Å²) in [6, 6.07) is 18.4. The Morgan fingerprint density at radius 2 is 1.80 bits per heavy atom. The number of benzene rings is 2. The van der Waals surface area contributed by atoms with E-state index in [9.17, 15) is 4.79 Å². The maximum Gasteiger partial charge on any atom is 0.228 e. The van der Waals surface area contributed by atoms with Gasteiger partial charge in [0.15, 0.2) is 0 Å². The first kappa shape index (κ1) is 18.8. The molecule has 3 aromatic rings. The maximum absolute atomic E-state index is 12.3. The number of anilines is 2. The van der Waals surface area contributed by atoms with Gasteiger partial charge >= 0.3 is 0 Å². The Morgan fingerprint density at radius 3 is 2.63 bits per heavy atom. The summed E-state index contributed by atoms with van der Waals surface area (Å²) < 4.78 is 0. The first-order chi connectivity index (χ1) is 14.8. The zero-order chi connectivity index (χ0) is 20.3. The lowest BCUT2D eigenvalue weighted by molar-refractivity contribution is -0.115. The third-order valence-electron chi connectivity index (χ3n) is 5.82. The third-order valence-corrected chi connectivity index (χ3v) is 5.82. The molecule has 0 bridgehead atoms. The van der Waals surface area contributed by atoms with Crippen LogP contribution in [0.2, 0.25) is 0 Å². The van der Waals surface area contributed by atoms with E-state index in [-0.39, 0.29) is 18.4 Å². The minimum Gasteiger partial charge on any atom is -0.346 e. The number of aromatic nitrogens is 2. The molecule has 2 N–H and O–H groups in total. The molecule has 1 aromatic heterocycles. The van der Waals surface area contributed by atoms with Crippen molar-refractivity contribution in [1.82, 2.24) is 14.9 Å². The molecule has 1 unspecified atom stereocenters. The number of rotatable bonds is 5. The Morgan fingerprint density at radius 1 is 1.03 bits per heavy atom. The van der Waals surface area contributed by atoms with Gasteiger partial charge in [-0.15, -0.1) is 0 Å². The van der Waals surface area contributed by atoms with Gasteiger partial charge in [-0.1, -0.05) is 48.5 Å². The molecule has 2 aliphatic heterocycles. The molecule has 2 aliphatic rings. The van der Waals surface area contributed by atoms with Gasteiger partial charge in [-0.3, -0.25) is 4.79 Å². The highest BCUT2D eigenvalue weighted by atomic mass is 16.1. The molecule has 1 saturated heterocycles. The average Bonchev–Trinajstić information content (AvgIpc) is 3.23. The molecule has 6 nitrogen and oxygen atoms in total. The van der Waals surface area contributed by atoms with Crippen molar-refractivity contribution in [3.8, 4) is 11.3 Å². The quantitative estimate of drug-likeness (QED) is 0.681. The topological polar surface area (TPSA) is 70.2 Å². The molecule has 2 aromatic carbocycles. The number of carbonyl (C=O) groups excluding carboxylic acids is 1. The number of likely N-dealkylation sites (tertiary alicyclic amines) is 1. The lowest BCUT2D eigenvalue weighted by Gasteiger charge is -2.25. The van der Waals surface area contributed by atoms with Gasteiger partial charge in [0.1, 0.15) is 0 Å². The number of hydrogen-bond donors (Lipinski definition) is 2. The van der Waals surface area contributed by atoms with Crippen LogP contribution < -0.4 is 10.6 Å². The first-order valence-electron chi connectivity index (χ1n) is 10.6. The van der Waals surface area contributed by atoms with Gasteiger partial charge < -0.3 is 15.5 Å². The fourth-order valence-corrected chi connectivity index (χ4v) is 4.30. The summed E-state index contributed by atoms with van der Waals surface area (Å²) in [7, 11) is 0. The van der Waals surface area contributed by atoms with Gasteiger partial charge in [-0.2, -0.15) is 0 Å². The predicted octanol–water partition coefficient (Wildman–Crippen LogP) is 3.89. The summed E-state index contributed by atoms with van der Waals surface area (Å²) in [4.78, 5) is 24.2. The number of nitrogens with zero attached hydrogens (tertiary/aromatic N) is 3. The molecule has 1 amide bonds. The second kappa shape index (κ2) is 8.24. The first-order valence-corrected chi connectivity index (χ1v) is 10.6. The molecule has 1 atom stereocenters. The SMILES string of the molecule is O=C1Cc2cnc(NC(CN3CCCC3)c3ccccc3)nc2-c2ccccc2N1. The molecule has 3 heterocycles. The second-order valence-corrected chi connectivity index (χ2v) is 7.95. The number of hydrogen-bond acceptors (Lipinski definition) is 5. The Hall–Kier alpha value is -3.25. The van der Waals surface area contributed by atoms with Crippen molar-refractivity contribution in [3.63, 3.8) is 0 Å². The van der Waals surface area contributed by atoms with E-state index in [1.165, 1.54) is 18.4 Å². The van der Waals surface area contributed by atoms with Crippen LogP contribution in [-0.4, -0.2) is 40.4 Å². The standard InChI is InChI=1S/C24H25N5O/c30-22-14-18-15-25-24(28-23(18)19-10-4-5-11-20(19)26-22)27-21(16-29-12-6-7-13-29)17-8-2-1-3-9-17/h1-5,8-11,15,21H,6-7,12-14,16H2,(H,26,30)(H,25,27,28). The van der Waals surface area contributed by atoms with E-state index in [1.807, 2.05) is 30.3 Å². The molecule has 5 rings (SSSR count). The summed E-state index contributed by atoms with van der Waals surface area (Å²) in [5, 5.41) is 6.54. The summed E-state index contributed by atoms with van der Waals surface area (Å²) in [5.74, 6) is 0.549. The van der Waals surface area contributed by atoms with Crippen molar-refractivity contribution in [3.05, 3.63) is 71.9 Å². The molecular weight excluding hydrogens is 374 g/mol. The van der Waals surface area contributed by atoms with Crippen LogP contribution in [0.15, 0.2) is 60.8 Å². The van der Waals surface area contributed by atoms with E-state index in [0.717, 1.165) is 42.1 Å². The van der Waals surface area contributed by atoms with Crippen molar-refractivity contribution in [1.29, 1.82) is 0 Å². The normalized spacial score (nSPS) is 16.9. The molecule has 152 valence electrons. The Balaban J connectivity index is 1.48. The van der Waals surface area contributed by atoms with Crippen LogP contribution in [0.4, 0.5) is 11.6 Å². The second-order valence-electron chi connectivity index (χ2n) is 7.95. The van der Waals surface area contributed by atoms with E-state index in [4.69, 9.17) is 4.98 Å². The lowest BCUT2D eigenvalue weighted by Crippen LogP contribution is -2.30. The summed E-state index contributed by atoms with van der Waals surface area (Å²) in [6.07, 6.45) is 4.58. The minimum atomic E-state index is -0.0401. The number of amides is 1. The zero-order valence-corrected chi connectivity index (χ0v) is 16.8. The van der Waals surface area contributed by atoms with Crippen LogP contribution in [0.5, 0.6) is 0 Å². The Bertz CT molecular complexity index is 1050. The van der Waals surface area contributed by atoms with Gasteiger partial charge in [0, 0.05) is 23.9 Å². The number of fused-ring (bicyclic) bond motifs is 3. The van der Waals surface area contributed by atoms with Gasteiger partial charge in [0.2, 0.25) is 11.9 Å². The highest BCUT2D eigenvalue weighted by Gasteiger charge is 2.23. The van der Waals surface area contributed by atoms with Gasteiger partial charge in [0.25, 0.3) is 0 Å². The van der Waals surface area contributed by atoms with Crippen molar-refractivity contribution in [2.75, 3.05) is 30.3 Å². The maximum atomic E-state index is 12.3. The zero-order valence-electron chi connectivity index (χ0n) is 16.8. The van der Waals surface area contributed by atoms with E-state index < -0.39 is 0 Å². The molecular formula is C24H25N5O. The minimum absolute atomic E-state index is 0.0401. The number of nitrogens with one attached hydrogen (secondary N) is 2. The highest BCUT2D eigenvalue weighted by Crippen LogP contribution is 2.33. The van der Waals surface area contributed by atoms with Crippen LogP contribution in [0, 0.1) is 0 Å². The third kappa shape index (κ3) is 3.91. The molecule has 30 heavy (non-hydrogen) atoms. The van der Waals surface area contributed by atoms with E-state index in [1.54, 1.807) is 6.20 Å². The average molecular weight is 399 g/mol. The molecule has 0 aliphatic carbocycles. The van der Waals surface area contributed by atoms with Crippen LogP contribution in [0.25, 0.3) is 11.3 Å². The van der Waals surface area contributed by atoms with E-state index in [0.29, 0.717) is 5.95 Å². The molecule has 0 saturated carbocycles. The number of carbonyl (C=O) groups is 1. The monoisotopic (exact) mass is 399 g/mol. The van der Waals surface area contributed by atoms with E-state index in [2.05, 4.69) is 44.8 Å². The van der Waals surface area contributed by atoms with Crippen molar-refractivity contribution < 1.29 is 4.79 Å². The molecule has 0 radical (unpaired) electrons. The lowest BCUT2D eigenvalue weighted by atomic mass is 10.0. The van der Waals surface area contributed by atoms with Gasteiger partial charge in [-0.05, 0) is 37.6 Å².